The summed E-state index contributed by atoms with van der Waals surface area (Å²) in [6.45, 7) is 4.23. The zero-order chi connectivity index (χ0) is 22.4. The van der Waals surface area contributed by atoms with Gasteiger partial charge in [-0.2, -0.15) is 4.72 Å². The molecule has 1 amide bonds. The zero-order valence-electron chi connectivity index (χ0n) is 17.7. The van der Waals surface area contributed by atoms with Crippen LogP contribution in [0, 0.1) is 6.92 Å². The number of aromatic nitrogens is 1. The lowest BCUT2D eigenvalue weighted by Crippen LogP contribution is -2.48. The number of fused-ring (bicyclic) bond motifs is 1. The van der Waals surface area contributed by atoms with Crippen molar-refractivity contribution < 1.29 is 13.2 Å². The quantitative estimate of drug-likeness (QED) is 0.316. The Morgan fingerprint density at radius 1 is 1.13 bits per heavy atom. The Morgan fingerprint density at radius 3 is 2.55 bits per heavy atom. The van der Waals surface area contributed by atoms with E-state index in [1.54, 1.807) is 24.3 Å². The second kappa shape index (κ2) is 10.3. The molecule has 31 heavy (non-hydrogen) atoms. The summed E-state index contributed by atoms with van der Waals surface area (Å²) in [7, 11) is -3.86. The van der Waals surface area contributed by atoms with Crippen LogP contribution < -0.4 is 10.0 Å². The topological polar surface area (TPSA) is 91.1 Å². The molecule has 3 aromatic rings. The monoisotopic (exact) mass is 461 g/mol. The molecular formula is C23H28ClN3O3S. The van der Waals surface area contributed by atoms with E-state index in [1.165, 1.54) is 0 Å². The summed E-state index contributed by atoms with van der Waals surface area (Å²) in [5.41, 5.74) is 2.77. The van der Waals surface area contributed by atoms with Gasteiger partial charge in [-0.15, -0.1) is 11.6 Å². The second-order valence-corrected chi connectivity index (χ2v) is 10.2. The smallest absolute Gasteiger partial charge is 0.241 e. The third-order valence-electron chi connectivity index (χ3n) is 5.12. The third kappa shape index (κ3) is 6.32. The molecule has 0 saturated heterocycles. The first-order valence-corrected chi connectivity index (χ1v) is 12.2. The number of nitrogens with one attached hydrogen (secondary N) is 3. The van der Waals surface area contributed by atoms with Crippen molar-refractivity contribution in [3.8, 4) is 0 Å². The Hall–Kier alpha value is -2.35. The summed E-state index contributed by atoms with van der Waals surface area (Å²) in [5.74, 6) is -0.358. The number of benzene rings is 2. The van der Waals surface area contributed by atoms with Gasteiger partial charge in [-0.25, -0.2) is 8.42 Å². The molecule has 1 heterocycles. The number of amides is 1. The first-order valence-electron chi connectivity index (χ1n) is 10.3. The maximum Gasteiger partial charge on any atom is 0.241 e. The molecular weight excluding hydrogens is 434 g/mol. The van der Waals surface area contributed by atoms with Crippen molar-refractivity contribution in [1.29, 1.82) is 0 Å². The van der Waals surface area contributed by atoms with E-state index < -0.39 is 16.1 Å². The molecule has 3 rings (SSSR count). The van der Waals surface area contributed by atoms with Crippen LogP contribution in [0.4, 0.5) is 0 Å². The molecule has 0 fully saturated rings. The number of aromatic amines is 1. The molecule has 0 bridgehead atoms. The number of hydrogen-bond acceptors (Lipinski definition) is 3. The van der Waals surface area contributed by atoms with Crippen LogP contribution in [-0.2, 0) is 21.2 Å². The van der Waals surface area contributed by atoms with E-state index in [0.29, 0.717) is 6.54 Å². The molecule has 0 saturated carbocycles. The van der Waals surface area contributed by atoms with Crippen molar-refractivity contribution in [2.75, 3.05) is 6.54 Å². The Labute approximate surface area is 188 Å². The van der Waals surface area contributed by atoms with E-state index in [1.807, 2.05) is 44.3 Å². The molecule has 0 aliphatic carbocycles. The number of carbonyl (C=O) groups is 1. The van der Waals surface area contributed by atoms with Crippen molar-refractivity contribution in [3.05, 3.63) is 65.9 Å². The van der Waals surface area contributed by atoms with Gasteiger partial charge in [0.25, 0.3) is 0 Å². The molecule has 2 aromatic carbocycles. The Balaban J connectivity index is 1.81. The highest BCUT2D eigenvalue weighted by Crippen LogP contribution is 2.20. The molecule has 6 nitrogen and oxygen atoms in total. The number of halogens is 1. The highest BCUT2D eigenvalue weighted by Gasteiger charge is 2.26. The molecule has 166 valence electrons. The van der Waals surface area contributed by atoms with Gasteiger partial charge in [0, 0.05) is 29.0 Å². The van der Waals surface area contributed by atoms with E-state index in [-0.39, 0.29) is 22.6 Å². The van der Waals surface area contributed by atoms with Gasteiger partial charge in [0.15, 0.2) is 0 Å². The van der Waals surface area contributed by atoms with Crippen LogP contribution in [0.1, 0.15) is 30.9 Å². The Bertz CT molecular complexity index is 1120. The van der Waals surface area contributed by atoms with E-state index >= 15 is 0 Å². The predicted molar refractivity (Wildman–Crippen MR) is 125 cm³/mol. The number of para-hydroxylation sites is 1. The summed E-state index contributed by atoms with van der Waals surface area (Å²) in [6.07, 6.45) is 3.54. The van der Waals surface area contributed by atoms with Gasteiger partial charge in [-0.3, -0.25) is 4.79 Å². The molecule has 0 spiro atoms. The lowest BCUT2D eigenvalue weighted by Gasteiger charge is -2.19. The van der Waals surface area contributed by atoms with E-state index in [4.69, 9.17) is 11.6 Å². The van der Waals surface area contributed by atoms with Crippen molar-refractivity contribution in [1.82, 2.24) is 15.0 Å². The normalized spacial score (nSPS) is 13.8. The number of hydrogen-bond donors (Lipinski definition) is 3. The highest BCUT2D eigenvalue weighted by molar-refractivity contribution is 7.89. The Morgan fingerprint density at radius 2 is 1.84 bits per heavy atom. The van der Waals surface area contributed by atoms with Crippen molar-refractivity contribution in [2.24, 2.45) is 0 Å². The first-order chi connectivity index (χ1) is 14.8. The number of aryl methyl sites for hydroxylation is 1. The van der Waals surface area contributed by atoms with Gasteiger partial charge in [0.2, 0.25) is 15.9 Å². The lowest BCUT2D eigenvalue weighted by atomic mass is 10.0. The molecule has 1 aromatic heterocycles. The minimum Gasteiger partial charge on any atom is -0.361 e. The van der Waals surface area contributed by atoms with Crippen LogP contribution in [0.15, 0.2) is 59.6 Å². The largest absolute Gasteiger partial charge is 0.361 e. The van der Waals surface area contributed by atoms with Crippen LogP contribution in [-0.4, -0.2) is 37.3 Å². The number of sulfonamides is 1. The van der Waals surface area contributed by atoms with Gasteiger partial charge >= 0.3 is 0 Å². The fourth-order valence-electron chi connectivity index (χ4n) is 3.40. The Kier molecular flexibility index (Phi) is 7.75. The molecule has 2 unspecified atom stereocenters. The summed E-state index contributed by atoms with van der Waals surface area (Å²) in [5, 5.41) is 3.84. The summed E-state index contributed by atoms with van der Waals surface area (Å²) in [4.78, 5) is 16.2. The van der Waals surface area contributed by atoms with Gasteiger partial charge in [0.05, 0.1) is 4.90 Å². The maximum absolute atomic E-state index is 13.0. The molecule has 2 atom stereocenters. The van der Waals surface area contributed by atoms with E-state index in [0.717, 1.165) is 34.9 Å². The SMILES string of the molecule is Cc1ccc(S(=O)(=O)NC(Cc2c[nH]c3ccccc23)C(=O)NCCCC(C)Cl)cc1. The van der Waals surface area contributed by atoms with Crippen LogP contribution in [0.3, 0.4) is 0 Å². The number of carbonyl (C=O) groups excluding carboxylic acids is 1. The van der Waals surface area contributed by atoms with Crippen LogP contribution in [0.5, 0.6) is 0 Å². The first kappa shape index (κ1) is 23.3. The van der Waals surface area contributed by atoms with Gasteiger partial charge < -0.3 is 10.3 Å². The second-order valence-electron chi connectivity index (χ2n) is 7.76. The summed E-state index contributed by atoms with van der Waals surface area (Å²) in [6, 6.07) is 13.3. The van der Waals surface area contributed by atoms with Gasteiger partial charge in [-0.05, 0) is 56.9 Å². The van der Waals surface area contributed by atoms with Crippen molar-refractivity contribution in [3.63, 3.8) is 0 Å². The molecule has 8 heteroatoms. The van der Waals surface area contributed by atoms with Crippen LogP contribution in [0.25, 0.3) is 10.9 Å². The van der Waals surface area contributed by atoms with E-state index in [2.05, 4.69) is 15.0 Å². The molecule has 0 aliphatic rings. The third-order valence-corrected chi connectivity index (χ3v) is 6.83. The average molecular weight is 462 g/mol. The van der Waals surface area contributed by atoms with Crippen molar-refractivity contribution >= 4 is 38.4 Å². The summed E-state index contributed by atoms with van der Waals surface area (Å²) < 4.78 is 28.5. The maximum atomic E-state index is 13.0. The number of alkyl halides is 1. The van der Waals surface area contributed by atoms with Gasteiger partial charge in [-0.1, -0.05) is 35.9 Å². The van der Waals surface area contributed by atoms with E-state index in [9.17, 15) is 13.2 Å². The molecule has 0 radical (unpaired) electrons. The molecule has 0 aliphatic heterocycles. The standard InChI is InChI=1S/C23H28ClN3O3S/c1-16-9-11-19(12-10-16)31(29,30)27-22(23(28)25-13-5-6-17(2)24)14-18-15-26-21-8-4-3-7-20(18)21/h3-4,7-12,15,17,22,26-27H,5-6,13-14H2,1-2H3,(H,25,28). The highest BCUT2D eigenvalue weighted by atomic mass is 35.5. The number of H-pyrrole nitrogens is 1. The predicted octanol–water partition coefficient (Wildman–Crippen LogP) is 3.89. The van der Waals surface area contributed by atoms with Crippen molar-refractivity contribution in [2.45, 2.75) is 49.4 Å². The zero-order valence-corrected chi connectivity index (χ0v) is 19.3. The lowest BCUT2D eigenvalue weighted by molar-refractivity contribution is -0.122. The van der Waals surface area contributed by atoms with Crippen LogP contribution >= 0.6 is 11.6 Å². The van der Waals surface area contributed by atoms with Crippen LogP contribution in [0.2, 0.25) is 0 Å². The fourth-order valence-corrected chi connectivity index (χ4v) is 4.75. The van der Waals surface area contributed by atoms with Gasteiger partial charge in [0.1, 0.15) is 6.04 Å². The summed E-state index contributed by atoms with van der Waals surface area (Å²) >= 11 is 5.96. The minimum absolute atomic E-state index is 0.0268. The average Bonchev–Trinajstić information content (AvgIpc) is 3.13. The fraction of sp³-hybridized carbons (Fsp3) is 0.348. The minimum atomic E-state index is -3.86. The molecule has 3 N–H and O–H groups in total. The number of rotatable bonds is 10.